The Balaban J connectivity index is -0.0000000686. The van der Waals surface area contributed by atoms with Gasteiger partial charge in [-0.2, -0.15) is 0 Å². The van der Waals surface area contributed by atoms with Crippen LogP contribution in [0.3, 0.4) is 0 Å². The normalized spacial score (nSPS) is 7.70. The van der Waals surface area contributed by atoms with E-state index >= 15 is 0 Å². The Bertz CT molecular complexity index is 380. The van der Waals surface area contributed by atoms with Crippen LogP contribution in [-0.2, 0) is 28.6 Å². The highest BCUT2D eigenvalue weighted by molar-refractivity contribution is 5.81. The number of carbonyl (C=O) groups is 3. The van der Waals surface area contributed by atoms with Gasteiger partial charge in [-0.15, -0.1) is 0 Å². The van der Waals surface area contributed by atoms with Gasteiger partial charge in [-0.25, -0.2) is 14.4 Å². The Morgan fingerprint density at radius 2 is 0.800 bits per heavy atom. The van der Waals surface area contributed by atoms with E-state index in [1.807, 2.05) is 37.1 Å². The number of rotatable bonds is 12. The molecule has 0 aromatic rings. The lowest BCUT2D eigenvalue weighted by Gasteiger charge is -1.96. The predicted molar refractivity (Wildman–Crippen MR) is 102 cm³/mol. The Hall–Kier alpha value is -1.62. The summed E-state index contributed by atoms with van der Waals surface area (Å²) >= 11 is 0. The highest BCUT2D eigenvalue weighted by Crippen LogP contribution is 1.75. The van der Waals surface area contributed by atoms with E-state index in [2.05, 4.69) is 33.9 Å². The van der Waals surface area contributed by atoms with Gasteiger partial charge in [0.1, 0.15) is 39.5 Å². The van der Waals surface area contributed by atoms with Crippen LogP contribution < -0.4 is 53.2 Å². The number of hydrogen-bond donors (Lipinski definition) is 3. The average molecular weight is 497 g/mol. The molecule has 0 amide bonds. The lowest BCUT2D eigenvalue weighted by atomic mass is 10.6. The van der Waals surface area contributed by atoms with Crippen molar-refractivity contribution in [1.82, 2.24) is 0 Å². The molecule has 12 heteroatoms. The zero-order valence-electron chi connectivity index (χ0n) is 17.9. The van der Waals surface area contributed by atoms with Crippen molar-refractivity contribution in [3.05, 3.63) is 38.0 Å². The highest BCUT2D eigenvalue weighted by atomic mass is 35.5. The van der Waals surface area contributed by atoms with Crippen molar-refractivity contribution in [2.24, 2.45) is 0 Å². The summed E-state index contributed by atoms with van der Waals surface area (Å²) in [5, 5.41) is 5.82. The SMILES string of the molecule is C=CC(=O)OCC[NH2+]C.C=CC(=O)OCC[NH2+]C.C=CC(=O)OCC[NH2+]C.[Cl-].[Cl-].[Cl-]. The molecule has 0 atom stereocenters. The summed E-state index contributed by atoms with van der Waals surface area (Å²) < 4.78 is 13.9. The predicted octanol–water partition coefficient (Wildman–Crippen LogP) is -12.3. The number of likely N-dealkylation sites (N-methyl/N-ethyl adjacent to an activating group) is 3. The summed E-state index contributed by atoms with van der Waals surface area (Å²) in [7, 11) is 5.76. The molecule has 0 unspecified atom stereocenters. The van der Waals surface area contributed by atoms with E-state index in [4.69, 9.17) is 0 Å². The van der Waals surface area contributed by atoms with Crippen LogP contribution in [0, 0.1) is 0 Å². The molecule has 0 aromatic carbocycles. The first-order valence-corrected chi connectivity index (χ1v) is 8.64. The molecule has 6 N–H and O–H groups in total. The molecular formula is C18H36Cl3N3O6. The number of nitrogens with two attached hydrogens (primary N) is 3. The Labute approximate surface area is 198 Å². The van der Waals surface area contributed by atoms with Gasteiger partial charge in [0, 0.05) is 18.2 Å². The van der Waals surface area contributed by atoms with Crippen LogP contribution in [0.25, 0.3) is 0 Å². The molecule has 0 saturated heterocycles. The molecule has 180 valence electrons. The van der Waals surface area contributed by atoms with Crippen LogP contribution >= 0.6 is 0 Å². The van der Waals surface area contributed by atoms with Crippen molar-refractivity contribution in [3.8, 4) is 0 Å². The third-order valence-electron chi connectivity index (χ3n) is 2.45. The molecule has 0 fully saturated rings. The van der Waals surface area contributed by atoms with Gasteiger partial charge in [0.25, 0.3) is 0 Å². The first kappa shape index (κ1) is 42.5. The van der Waals surface area contributed by atoms with Crippen molar-refractivity contribution >= 4 is 17.9 Å². The molecule has 0 aromatic heterocycles. The third-order valence-corrected chi connectivity index (χ3v) is 2.45. The van der Waals surface area contributed by atoms with Gasteiger partial charge >= 0.3 is 17.9 Å². The van der Waals surface area contributed by atoms with Crippen molar-refractivity contribution in [2.75, 3.05) is 60.6 Å². The van der Waals surface area contributed by atoms with Crippen LogP contribution in [0.4, 0.5) is 0 Å². The van der Waals surface area contributed by atoms with E-state index in [0.29, 0.717) is 19.8 Å². The lowest BCUT2D eigenvalue weighted by molar-refractivity contribution is -0.628. The van der Waals surface area contributed by atoms with Gasteiger partial charge in [-0.05, 0) is 0 Å². The first-order valence-electron chi connectivity index (χ1n) is 8.64. The van der Waals surface area contributed by atoms with Crippen molar-refractivity contribution in [3.63, 3.8) is 0 Å². The number of ether oxygens (including phenoxy) is 3. The van der Waals surface area contributed by atoms with Crippen molar-refractivity contribution < 1.29 is 81.8 Å². The minimum absolute atomic E-state index is 0. The Morgan fingerprint density at radius 1 is 0.600 bits per heavy atom. The zero-order chi connectivity index (χ0) is 21.3. The van der Waals surface area contributed by atoms with Gasteiger partial charge < -0.3 is 67.4 Å². The molecule has 0 radical (unpaired) electrons. The van der Waals surface area contributed by atoms with Gasteiger partial charge in [0.2, 0.25) is 0 Å². The quantitative estimate of drug-likeness (QED) is 0.107. The van der Waals surface area contributed by atoms with E-state index in [9.17, 15) is 14.4 Å². The van der Waals surface area contributed by atoms with Crippen LogP contribution in [-0.4, -0.2) is 78.5 Å². The Morgan fingerprint density at radius 3 is 0.933 bits per heavy atom. The molecule has 30 heavy (non-hydrogen) atoms. The summed E-state index contributed by atoms with van der Waals surface area (Å²) in [5.74, 6) is -1.05. The maximum absolute atomic E-state index is 10.3. The van der Waals surface area contributed by atoms with Gasteiger partial charge in [-0.1, -0.05) is 19.7 Å². The summed E-state index contributed by atoms with van der Waals surface area (Å²) in [5.41, 5.74) is 0. The van der Waals surface area contributed by atoms with E-state index in [1.165, 1.54) is 0 Å². The van der Waals surface area contributed by atoms with E-state index in [0.717, 1.165) is 37.9 Å². The number of esters is 3. The van der Waals surface area contributed by atoms with Gasteiger partial charge in [0.15, 0.2) is 0 Å². The number of quaternary nitrogens is 3. The van der Waals surface area contributed by atoms with Crippen molar-refractivity contribution in [2.45, 2.75) is 0 Å². The highest BCUT2D eigenvalue weighted by Gasteiger charge is 1.94. The van der Waals surface area contributed by atoms with Gasteiger partial charge in [0.05, 0.1) is 21.1 Å². The smallest absolute Gasteiger partial charge is 0.330 e. The maximum Gasteiger partial charge on any atom is 0.330 e. The third kappa shape index (κ3) is 45.2. The molecule has 0 spiro atoms. The molecule has 0 aliphatic rings. The molecule has 0 heterocycles. The van der Waals surface area contributed by atoms with Crippen molar-refractivity contribution in [1.29, 1.82) is 0 Å². The second kappa shape index (κ2) is 38.0. The summed E-state index contributed by atoms with van der Waals surface area (Å²) in [6, 6.07) is 0. The monoisotopic (exact) mass is 495 g/mol. The van der Waals surface area contributed by atoms with E-state index < -0.39 is 0 Å². The molecule has 0 saturated carbocycles. The topological polar surface area (TPSA) is 129 Å². The fourth-order valence-corrected chi connectivity index (χ4v) is 1.01. The van der Waals surface area contributed by atoms with E-state index in [-0.39, 0.29) is 55.1 Å². The number of carbonyl (C=O) groups excluding carboxylic acids is 3. The second-order valence-electron chi connectivity index (χ2n) is 4.71. The molecular weight excluding hydrogens is 461 g/mol. The van der Waals surface area contributed by atoms with Crippen LogP contribution in [0.5, 0.6) is 0 Å². The van der Waals surface area contributed by atoms with Gasteiger partial charge in [-0.3, -0.25) is 0 Å². The fourth-order valence-electron chi connectivity index (χ4n) is 1.01. The minimum Gasteiger partial charge on any atom is -1.00 e. The fraction of sp³-hybridized carbons (Fsp3) is 0.500. The lowest BCUT2D eigenvalue weighted by Crippen LogP contribution is -3.00. The standard InChI is InChI=1S/3C6H11NO2.3ClH/c3*1-3-6(8)9-5-4-7-2;;;/h3*3,7H,1,4-5H2,2H3;3*1H. The van der Waals surface area contributed by atoms with Crippen LogP contribution in [0.2, 0.25) is 0 Å². The second-order valence-corrected chi connectivity index (χ2v) is 4.71. The largest absolute Gasteiger partial charge is 1.00 e. The summed E-state index contributed by atoms with van der Waals surface area (Å²) in [4.78, 5) is 31.0. The maximum atomic E-state index is 10.3. The average Bonchev–Trinajstić information content (AvgIpc) is 2.69. The minimum atomic E-state index is -0.350. The number of hydrogen-bond acceptors (Lipinski definition) is 6. The molecule has 0 rings (SSSR count). The zero-order valence-corrected chi connectivity index (χ0v) is 20.2. The van der Waals surface area contributed by atoms with Crippen LogP contribution in [0.1, 0.15) is 0 Å². The number of halogens is 3. The Kier molecular flexibility index (Phi) is 53.9. The summed E-state index contributed by atoms with van der Waals surface area (Å²) in [6.45, 7) is 13.6. The molecule has 0 aliphatic carbocycles. The summed E-state index contributed by atoms with van der Waals surface area (Å²) in [6.07, 6.45) is 3.49. The van der Waals surface area contributed by atoms with E-state index in [1.54, 1.807) is 0 Å². The molecule has 0 bridgehead atoms. The first-order chi connectivity index (χ1) is 12.9. The molecule has 9 nitrogen and oxygen atoms in total. The molecule has 0 aliphatic heterocycles. The van der Waals surface area contributed by atoms with Crippen LogP contribution in [0.15, 0.2) is 38.0 Å².